The van der Waals surface area contributed by atoms with E-state index in [-0.39, 0.29) is 0 Å². The second kappa shape index (κ2) is 4.89. The van der Waals surface area contributed by atoms with Crippen molar-refractivity contribution in [2.75, 3.05) is 18.1 Å². The smallest absolute Gasteiger partial charge is 0.00296 e. The number of rotatable bonds is 5. The third kappa shape index (κ3) is 2.46. The molecule has 2 N–H and O–H groups in total. The molecule has 0 aromatic carbocycles. The first-order chi connectivity index (χ1) is 6.79. The summed E-state index contributed by atoms with van der Waals surface area (Å²) in [5.74, 6) is 6.65. The van der Waals surface area contributed by atoms with Crippen molar-refractivity contribution in [2.24, 2.45) is 29.4 Å². The highest BCUT2D eigenvalue weighted by Gasteiger charge is 2.38. The predicted molar refractivity (Wildman–Crippen MR) is 64.5 cm³/mol. The van der Waals surface area contributed by atoms with E-state index < -0.39 is 0 Å². The molecule has 2 saturated carbocycles. The van der Waals surface area contributed by atoms with Crippen LogP contribution in [0.2, 0.25) is 0 Å². The van der Waals surface area contributed by atoms with Crippen LogP contribution in [0.3, 0.4) is 0 Å². The third-order valence-corrected chi connectivity index (χ3v) is 5.49. The summed E-state index contributed by atoms with van der Waals surface area (Å²) < 4.78 is 0. The van der Waals surface area contributed by atoms with Crippen LogP contribution in [-0.4, -0.2) is 18.1 Å². The maximum absolute atomic E-state index is 5.61. The molecule has 0 saturated heterocycles. The van der Waals surface area contributed by atoms with Gasteiger partial charge in [-0.05, 0) is 61.0 Å². The average Bonchev–Trinajstić information content (AvgIpc) is 2.79. The monoisotopic (exact) mass is 213 g/mol. The van der Waals surface area contributed by atoms with Gasteiger partial charge >= 0.3 is 0 Å². The van der Waals surface area contributed by atoms with Crippen molar-refractivity contribution in [3.63, 3.8) is 0 Å². The van der Waals surface area contributed by atoms with Crippen molar-refractivity contribution in [1.82, 2.24) is 0 Å². The summed E-state index contributed by atoms with van der Waals surface area (Å²) in [6.45, 7) is 3.11. The van der Waals surface area contributed by atoms with Crippen molar-refractivity contribution < 1.29 is 0 Å². The Hall–Kier alpha value is 0.310. The standard InChI is InChI=1S/C12H23NS/c1-9(6-13)7-14-8-12-5-10-2-3-11(12)4-10/h9-12H,2-8,13H2,1H3. The van der Waals surface area contributed by atoms with Crippen LogP contribution in [0.4, 0.5) is 0 Å². The minimum Gasteiger partial charge on any atom is -0.330 e. The first-order valence-corrected chi connectivity index (χ1v) is 7.23. The van der Waals surface area contributed by atoms with E-state index in [1.807, 2.05) is 0 Å². The molecule has 4 atom stereocenters. The molecular weight excluding hydrogens is 190 g/mol. The van der Waals surface area contributed by atoms with E-state index in [0.29, 0.717) is 5.92 Å². The van der Waals surface area contributed by atoms with Gasteiger partial charge in [0.1, 0.15) is 0 Å². The Kier molecular flexibility index (Phi) is 3.78. The van der Waals surface area contributed by atoms with Crippen LogP contribution in [0.15, 0.2) is 0 Å². The Bertz CT molecular complexity index is 183. The molecule has 2 aliphatic rings. The first-order valence-electron chi connectivity index (χ1n) is 6.07. The first kappa shape index (κ1) is 10.8. The van der Waals surface area contributed by atoms with Crippen molar-refractivity contribution >= 4 is 11.8 Å². The van der Waals surface area contributed by atoms with Crippen LogP contribution >= 0.6 is 11.8 Å². The normalized spacial score (nSPS) is 37.7. The summed E-state index contributed by atoms with van der Waals surface area (Å²) in [5.41, 5.74) is 5.61. The number of nitrogens with two attached hydrogens (primary N) is 1. The fraction of sp³-hybridized carbons (Fsp3) is 1.00. The maximum atomic E-state index is 5.61. The van der Waals surface area contributed by atoms with Crippen molar-refractivity contribution in [3.8, 4) is 0 Å². The number of fused-ring (bicyclic) bond motifs is 2. The molecule has 2 rings (SSSR count). The Morgan fingerprint density at radius 1 is 1.36 bits per heavy atom. The van der Waals surface area contributed by atoms with Crippen LogP contribution in [0.5, 0.6) is 0 Å². The minimum atomic E-state index is 0.707. The zero-order valence-corrected chi connectivity index (χ0v) is 10.1. The topological polar surface area (TPSA) is 26.0 Å². The average molecular weight is 213 g/mol. The second-order valence-corrected chi connectivity index (χ2v) is 6.39. The summed E-state index contributed by atoms with van der Waals surface area (Å²) in [6.07, 6.45) is 6.15. The molecule has 4 unspecified atom stereocenters. The van der Waals surface area contributed by atoms with Crippen LogP contribution < -0.4 is 5.73 Å². The largest absolute Gasteiger partial charge is 0.330 e. The Balaban J connectivity index is 1.62. The predicted octanol–water partition coefficient (Wildman–Crippen LogP) is 2.75. The molecule has 2 aliphatic carbocycles. The van der Waals surface area contributed by atoms with Gasteiger partial charge in [0, 0.05) is 0 Å². The second-order valence-electron chi connectivity index (χ2n) is 5.31. The summed E-state index contributed by atoms with van der Waals surface area (Å²) in [5, 5.41) is 0. The van der Waals surface area contributed by atoms with Gasteiger partial charge in [0.15, 0.2) is 0 Å². The lowest BCUT2D eigenvalue weighted by Crippen LogP contribution is -2.16. The Labute approximate surface area is 92.2 Å². The Morgan fingerprint density at radius 3 is 2.79 bits per heavy atom. The van der Waals surface area contributed by atoms with E-state index in [1.165, 1.54) is 30.8 Å². The van der Waals surface area contributed by atoms with Gasteiger partial charge in [-0.25, -0.2) is 0 Å². The van der Waals surface area contributed by atoms with Crippen LogP contribution in [0.25, 0.3) is 0 Å². The van der Waals surface area contributed by atoms with Gasteiger partial charge in [-0.3, -0.25) is 0 Å². The molecular formula is C12H23NS. The van der Waals surface area contributed by atoms with Crippen LogP contribution in [0, 0.1) is 23.7 Å². The number of hydrogen-bond acceptors (Lipinski definition) is 2. The van der Waals surface area contributed by atoms with Crippen molar-refractivity contribution in [2.45, 2.75) is 32.6 Å². The zero-order valence-electron chi connectivity index (χ0n) is 9.24. The molecule has 0 aromatic rings. The van der Waals surface area contributed by atoms with Crippen molar-refractivity contribution in [3.05, 3.63) is 0 Å². The quantitative estimate of drug-likeness (QED) is 0.760. The maximum Gasteiger partial charge on any atom is -0.00296 e. The molecule has 2 heteroatoms. The van der Waals surface area contributed by atoms with Gasteiger partial charge in [0.2, 0.25) is 0 Å². The van der Waals surface area contributed by atoms with Crippen LogP contribution in [-0.2, 0) is 0 Å². The summed E-state index contributed by atoms with van der Waals surface area (Å²) in [6, 6.07) is 0. The molecule has 0 aliphatic heterocycles. The van der Waals surface area contributed by atoms with Gasteiger partial charge in [-0.1, -0.05) is 13.3 Å². The highest BCUT2D eigenvalue weighted by Crippen LogP contribution is 2.49. The van der Waals surface area contributed by atoms with Gasteiger partial charge in [-0.2, -0.15) is 11.8 Å². The Morgan fingerprint density at radius 2 is 2.21 bits per heavy atom. The fourth-order valence-corrected chi connectivity index (χ4v) is 4.45. The molecule has 1 nitrogen and oxygen atoms in total. The molecule has 0 amide bonds. The summed E-state index contributed by atoms with van der Waals surface area (Å²) >= 11 is 2.14. The molecule has 82 valence electrons. The van der Waals surface area contributed by atoms with Gasteiger partial charge in [0.05, 0.1) is 0 Å². The number of hydrogen-bond donors (Lipinski definition) is 1. The SMILES string of the molecule is CC(CN)CSCC1CC2CCC1C2. The van der Waals surface area contributed by atoms with E-state index in [9.17, 15) is 0 Å². The highest BCUT2D eigenvalue weighted by molar-refractivity contribution is 7.99. The molecule has 0 spiro atoms. The molecule has 2 fully saturated rings. The molecule has 0 heterocycles. The lowest BCUT2D eigenvalue weighted by molar-refractivity contribution is 0.365. The molecule has 2 bridgehead atoms. The van der Waals surface area contributed by atoms with E-state index in [0.717, 1.165) is 24.3 Å². The van der Waals surface area contributed by atoms with E-state index >= 15 is 0 Å². The van der Waals surface area contributed by atoms with Gasteiger partial charge in [0.25, 0.3) is 0 Å². The van der Waals surface area contributed by atoms with E-state index in [1.54, 1.807) is 6.42 Å². The van der Waals surface area contributed by atoms with E-state index in [2.05, 4.69) is 18.7 Å². The van der Waals surface area contributed by atoms with Crippen LogP contribution in [0.1, 0.15) is 32.6 Å². The molecule has 0 aromatic heterocycles. The summed E-state index contributed by atoms with van der Waals surface area (Å²) in [4.78, 5) is 0. The van der Waals surface area contributed by atoms with E-state index in [4.69, 9.17) is 5.73 Å². The third-order valence-electron chi connectivity index (χ3n) is 4.02. The fourth-order valence-electron chi connectivity index (χ4n) is 3.07. The lowest BCUT2D eigenvalue weighted by atomic mass is 9.90. The summed E-state index contributed by atoms with van der Waals surface area (Å²) in [7, 11) is 0. The number of thioether (sulfide) groups is 1. The zero-order chi connectivity index (χ0) is 9.97. The lowest BCUT2D eigenvalue weighted by Gasteiger charge is -2.21. The van der Waals surface area contributed by atoms with Gasteiger partial charge in [-0.15, -0.1) is 0 Å². The highest BCUT2D eigenvalue weighted by atomic mass is 32.2. The molecule has 14 heavy (non-hydrogen) atoms. The van der Waals surface area contributed by atoms with Gasteiger partial charge < -0.3 is 5.73 Å². The molecule has 0 radical (unpaired) electrons. The minimum absolute atomic E-state index is 0.707. The van der Waals surface area contributed by atoms with Crippen molar-refractivity contribution in [1.29, 1.82) is 0 Å².